The van der Waals surface area contributed by atoms with E-state index in [2.05, 4.69) is 20.2 Å². The van der Waals surface area contributed by atoms with E-state index < -0.39 is 0 Å². The molecule has 5 N–H and O–H groups in total. The lowest BCUT2D eigenvalue weighted by Crippen LogP contribution is -2.44. The van der Waals surface area contributed by atoms with Gasteiger partial charge in [0.15, 0.2) is 11.5 Å². The molecule has 9 heteroatoms. The van der Waals surface area contributed by atoms with Gasteiger partial charge in [-0.2, -0.15) is 4.98 Å². The molecule has 0 amide bonds. The van der Waals surface area contributed by atoms with Crippen LogP contribution in [0.2, 0.25) is 0 Å². The van der Waals surface area contributed by atoms with Crippen molar-refractivity contribution in [1.29, 1.82) is 0 Å². The zero-order chi connectivity index (χ0) is 16.4. The van der Waals surface area contributed by atoms with Crippen molar-refractivity contribution < 1.29 is 19.7 Å². The summed E-state index contributed by atoms with van der Waals surface area (Å²) in [5.41, 5.74) is 6.77. The fourth-order valence-electron chi connectivity index (χ4n) is 2.75. The summed E-state index contributed by atoms with van der Waals surface area (Å²) in [6.07, 6.45) is 0. The van der Waals surface area contributed by atoms with Crippen LogP contribution in [-0.2, 0) is 0 Å². The van der Waals surface area contributed by atoms with Crippen LogP contribution >= 0.6 is 0 Å². The monoisotopic (exact) mass is 337 g/mol. The van der Waals surface area contributed by atoms with Crippen molar-refractivity contribution in [3.05, 3.63) is 6.07 Å². The summed E-state index contributed by atoms with van der Waals surface area (Å²) < 4.78 is 16.3. The number of fused-ring (bicyclic) bond motifs is 1. The fraction of sp³-hybridized carbons (Fsp3) is 0.467. The number of nitrogen functional groups attached to an aromatic ring is 1. The number of methoxy groups -OCH3 is 3. The first-order chi connectivity index (χ1) is 11.2. The molecule has 1 fully saturated rings. The largest absolute Gasteiger partial charge is 0.493 e. The van der Waals surface area contributed by atoms with Crippen molar-refractivity contribution >= 4 is 22.7 Å². The lowest BCUT2D eigenvalue weighted by molar-refractivity contribution is 0.327. The van der Waals surface area contributed by atoms with Crippen LogP contribution in [0.5, 0.6) is 17.2 Å². The molecule has 1 saturated heterocycles. The maximum Gasteiger partial charge on any atom is 0.228 e. The topological polar surface area (TPSA) is 126 Å². The molecule has 0 aliphatic carbocycles. The number of nitrogens with zero attached hydrogens (tertiary/aromatic N) is 3. The Labute approximate surface area is 140 Å². The van der Waals surface area contributed by atoms with E-state index in [-0.39, 0.29) is 5.48 Å². The van der Waals surface area contributed by atoms with E-state index in [0.717, 1.165) is 26.2 Å². The van der Waals surface area contributed by atoms with Gasteiger partial charge in [-0.05, 0) is 6.07 Å². The summed E-state index contributed by atoms with van der Waals surface area (Å²) in [7, 11) is 4.70. The van der Waals surface area contributed by atoms with Gasteiger partial charge in [0.1, 0.15) is 11.3 Å². The fourth-order valence-corrected chi connectivity index (χ4v) is 2.75. The van der Waals surface area contributed by atoms with Gasteiger partial charge in [0.25, 0.3) is 0 Å². The zero-order valence-electron chi connectivity index (χ0n) is 14.0. The van der Waals surface area contributed by atoms with Crippen molar-refractivity contribution in [2.24, 2.45) is 0 Å². The lowest BCUT2D eigenvalue weighted by Gasteiger charge is -2.28. The van der Waals surface area contributed by atoms with Gasteiger partial charge in [-0.3, -0.25) is 0 Å². The molecule has 0 bridgehead atoms. The molecule has 0 saturated carbocycles. The number of aromatic nitrogens is 2. The van der Waals surface area contributed by atoms with Crippen LogP contribution in [0.25, 0.3) is 10.9 Å². The highest BCUT2D eigenvalue weighted by atomic mass is 16.5. The van der Waals surface area contributed by atoms with Crippen molar-refractivity contribution in [2.45, 2.75) is 0 Å². The molecule has 0 radical (unpaired) electrons. The van der Waals surface area contributed by atoms with Gasteiger partial charge < -0.3 is 35.6 Å². The smallest absolute Gasteiger partial charge is 0.228 e. The van der Waals surface area contributed by atoms with Gasteiger partial charge in [-0.15, -0.1) is 0 Å². The number of piperazine rings is 1. The number of nitrogens with one attached hydrogen (secondary N) is 1. The molecule has 1 aliphatic rings. The first-order valence-corrected chi connectivity index (χ1v) is 7.41. The van der Waals surface area contributed by atoms with E-state index >= 15 is 0 Å². The van der Waals surface area contributed by atoms with Crippen LogP contribution in [0.3, 0.4) is 0 Å². The number of anilines is 2. The Morgan fingerprint density at radius 1 is 1.04 bits per heavy atom. The van der Waals surface area contributed by atoms with Crippen LogP contribution in [-0.4, -0.2) is 63.0 Å². The minimum absolute atomic E-state index is 0. The van der Waals surface area contributed by atoms with E-state index in [0.29, 0.717) is 39.9 Å². The number of nitrogens with two attached hydrogens (primary N) is 1. The number of hydrogen-bond acceptors (Lipinski definition) is 8. The number of hydrogen-bond donors (Lipinski definition) is 2. The molecule has 1 aliphatic heterocycles. The molecular formula is C15H23N5O4. The van der Waals surface area contributed by atoms with E-state index in [4.69, 9.17) is 19.9 Å². The second kappa shape index (κ2) is 7.37. The second-order valence-electron chi connectivity index (χ2n) is 5.19. The molecular weight excluding hydrogens is 314 g/mol. The average molecular weight is 337 g/mol. The minimum atomic E-state index is 0. The van der Waals surface area contributed by atoms with Gasteiger partial charge in [-0.1, -0.05) is 0 Å². The summed E-state index contributed by atoms with van der Waals surface area (Å²) in [5, 5.41) is 3.98. The second-order valence-corrected chi connectivity index (χ2v) is 5.19. The third kappa shape index (κ3) is 2.95. The highest BCUT2D eigenvalue weighted by Crippen LogP contribution is 2.44. The average Bonchev–Trinajstić information content (AvgIpc) is 2.60. The summed E-state index contributed by atoms with van der Waals surface area (Å²) in [6, 6.07) is 1.77. The molecule has 1 aromatic heterocycles. The number of ether oxygens (including phenoxy) is 3. The third-order valence-electron chi connectivity index (χ3n) is 3.91. The van der Waals surface area contributed by atoms with Gasteiger partial charge in [0.2, 0.25) is 11.7 Å². The molecule has 24 heavy (non-hydrogen) atoms. The van der Waals surface area contributed by atoms with Crippen LogP contribution in [0.15, 0.2) is 6.07 Å². The summed E-state index contributed by atoms with van der Waals surface area (Å²) >= 11 is 0. The molecule has 9 nitrogen and oxygen atoms in total. The Hall–Kier alpha value is -2.52. The van der Waals surface area contributed by atoms with Crippen molar-refractivity contribution in [3.63, 3.8) is 0 Å². The Balaban J connectivity index is 0.00000208. The molecule has 1 aromatic carbocycles. The highest BCUT2D eigenvalue weighted by molar-refractivity contribution is 5.97. The molecule has 132 valence electrons. The summed E-state index contributed by atoms with van der Waals surface area (Å²) in [4.78, 5) is 11.2. The lowest BCUT2D eigenvalue weighted by atomic mass is 10.2. The predicted octanol–water partition coefficient (Wildman–Crippen LogP) is -0.177. The minimum Gasteiger partial charge on any atom is -0.493 e. The van der Waals surface area contributed by atoms with Gasteiger partial charge in [-0.25, -0.2) is 4.98 Å². The van der Waals surface area contributed by atoms with Gasteiger partial charge >= 0.3 is 0 Å². The normalized spacial score (nSPS) is 14.2. The Bertz CT molecular complexity index is 719. The van der Waals surface area contributed by atoms with E-state index in [1.807, 2.05) is 0 Å². The molecule has 3 rings (SSSR count). The van der Waals surface area contributed by atoms with E-state index in [9.17, 15) is 0 Å². The van der Waals surface area contributed by atoms with E-state index in [1.165, 1.54) is 0 Å². The van der Waals surface area contributed by atoms with Crippen LogP contribution in [0.1, 0.15) is 0 Å². The number of rotatable bonds is 4. The summed E-state index contributed by atoms with van der Waals surface area (Å²) in [6.45, 7) is 3.45. The standard InChI is InChI=1S/C15H21N5O3.H2O/c1-21-10-8-9-11(13(23-3)12(10)22-2)18-15(19-14(9)16)20-6-4-17-5-7-20;/h8,17H,4-7H2,1-3H3,(H2,16,18,19);1H2. The molecule has 2 heterocycles. The maximum atomic E-state index is 6.16. The van der Waals surface area contributed by atoms with Crippen molar-refractivity contribution in [2.75, 3.05) is 58.1 Å². The maximum absolute atomic E-state index is 6.16. The highest BCUT2D eigenvalue weighted by Gasteiger charge is 2.22. The van der Waals surface area contributed by atoms with E-state index in [1.54, 1.807) is 27.4 Å². The SMILES string of the molecule is COc1cc2c(N)nc(N3CCNCC3)nc2c(OC)c1OC.O. The zero-order valence-corrected chi connectivity index (χ0v) is 14.0. The quantitative estimate of drug-likeness (QED) is 0.787. The Morgan fingerprint density at radius 3 is 2.29 bits per heavy atom. The molecule has 2 aromatic rings. The van der Waals surface area contributed by atoms with Crippen LogP contribution in [0.4, 0.5) is 11.8 Å². The number of benzene rings is 1. The Morgan fingerprint density at radius 2 is 1.71 bits per heavy atom. The summed E-state index contributed by atoms with van der Waals surface area (Å²) in [5.74, 6) is 2.51. The molecule has 0 atom stereocenters. The third-order valence-corrected chi connectivity index (χ3v) is 3.91. The van der Waals surface area contributed by atoms with Crippen molar-refractivity contribution in [1.82, 2.24) is 15.3 Å². The first-order valence-electron chi connectivity index (χ1n) is 7.41. The molecule has 0 spiro atoms. The Kier molecular flexibility index (Phi) is 5.47. The van der Waals surface area contributed by atoms with Crippen LogP contribution in [0, 0.1) is 0 Å². The predicted molar refractivity (Wildman–Crippen MR) is 92.3 cm³/mol. The van der Waals surface area contributed by atoms with Crippen LogP contribution < -0.4 is 30.2 Å². The van der Waals surface area contributed by atoms with Crippen molar-refractivity contribution in [3.8, 4) is 17.2 Å². The molecule has 0 unspecified atom stereocenters. The first kappa shape index (κ1) is 17.8. The van der Waals surface area contributed by atoms with Gasteiger partial charge in [0, 0.05) is 26.2 Å². The van der Waals surface area contributed by atoms with Gasteiger partial charge in [0.05, 0.1) is 26.7 Å².